The molecule has 0 unspecified atom stereocenters. The summed E-state index contributed by atoms with van der Waals surface area (Å²) in [5.41, 5.74) is 0.821. The van der Waals surface area contributed by atoms with Crippen LogP contribution in [0.5, 0.6) is 5.75 Å². The number of β-amino-alcohol motifs (C(OH)–C–C–N with tert-alkyl or cyclic N) is 1. The van der Waals surface area contributed by atoms with Crippen LogP contribution in [0.3, 0.4) is 0 Å². The van der Waals surface area contributed by atoms with Gasteiger partial charge in [-0.2, -0.15) is 0 Å². The van der Waals surface area contributed by atoms with E-state index in [1.165, 1.54) is 6.08 Å². The number of imide groups is 1. The maximum atomic E-state index is 12.1. The van der Waals surface area contributed by atoms with Crippen molar-refractivity contribution in [2.75, 3.05) is 25.1 Å². The van der Waals surface area contributed by atoms with E-state index in [9.17, 15) is 9.59 Å². The molecule has 6 nitrogen and oxygen atoms in total. The minimum Gasteiger partial charge on any atom is -0.491 e. The smallest absolute Gasteiger partial charge is 0.277 e. The number of ether oxygens (including phenoxy) is 1. The number of anilines is 1. The highest BCUT2D eigenvalue weighted by molar-refractivity contribution is 6.17. The zero-order valence-corrected chi connectivity index (χ0v) is 12.5. The minimum atomic E-state index is -0.442. The summed E-state index contributed by atoms with van der Waals surface area (Å²) in [5, 5.41) is 11.8. The third-order valence-corrected chi connectivity index (χ3v) is 3.24. The van der Waals surface area contributed by atoms with Gasteiger partial charge in [0, 0.05) is 6.08 Å². The van der Waals surface area contributed by atoms with Crippen molar-refractivity contribution in [3.8, 4) is 5.75 Å². The largest absolute Gasteiger partial charge is 0.491 e. The molecule has 0 aliphatic carbocycles. The number of benzene rings is 1. The van der Waals surface area contributed by atoms with Crippen LogP contribution >= 0.6 is 0 Å². The monoisotopic (exact) mass is 304 g/mol. The predicted molar refractivity (Wildman–Crippen MR) is 82.4 cm³/mol. The van der Waals surface area contributed by atoms with Gasteiger partial charge in [-0.25, -0.2) is 0 Å². The van der Waals surface area contributed by atoms with Gasteiger partial charge in [-0.3, -0.25) is 14.5 Å². The molecule has 1 aliphatic rings. The van der Waals surface area contributed by atoms with Gasteiger partial charge in [-0.05, 0) is 18.6 Å². The fourth-order valence-electron chi connectivity index (χ4n) is 2.08. The Hall–Kier alpha value is -2.34. The van der Waals surface area contributed by atoms with Gasteiger partial charge in [0.05, 0.1) is 25.4 Å². The van der Waals surface area contributed by atoms with Gasteiger partial charge in [-0.15, -0.1) is 0 Å². The number of unbranched alkanes of at least 4 members (excludes halogenated alkanes) is 1. The number of carbonyl (C=O) groups excluding carboxylic acids is 2. The molecule has 1 aliphatic heterocycles. The number of carbonyl (C=O) groups is 2. The third kappa shape index (κ3) is 3.65. The molecule has 2 rings (SSSR count). The van der Waals surface area contributed by atoms with E-state index < -0.39 is 11.8 Å². The molecule has 118 valence electrons. The molecule has 0 aromatic heterocycles. The number of nitrogens with one attached hydrogen (secondary N) is 1. The second kappa shape index (κ2) is 7.61. The average molecular weight is 304 g/mol. The zero-order valence-electron chi connectivity index (χ0n) is 12.5. The van der Waals surface area contributed by atoms with E-state index in [4.69, 9.17) is 9.84 Å². The lowest BCUT2D eigenvalue weighted by molar-refractivity contribution is -0.137. The van der Waals surface area contributed by atoms with E-state index in [2.05, 4.69) is 12.2 Å². The highest BCUT2D eigenvalue weighted by Gasteiger charge is 2.30. The molecule has 0 atom stereocenters. The first-order chi connectivity index (χ1) is 10.7. The Kier molecular flexibility index (Phi) is 5.55. The zero-order chi connectivity index (χ0) is 15.9. The molecule has 0 saturated carbocycles. The summed E-state index contributed by atoms with van der Waals surface area (Å²) in [6.45, 7) is 2.41. The Morgan fingerprint density at radius 2 is 2.05 bits per heavy atom. The molecule has 1 aromatic carbocycles. The van der Waals surface area contributed by atoms with Crippen LogP contribution in [-0.4, -0.2) is 41.6 Å². The molecule has 1 heterocycles. The molecule has 22 heavy (non-hydrogen) atoms. The van der Waals surface area contributed by atoms with Crippen LogP contribution in [0.15, 0.2) is 36.0 Å². The molecule has 1 aromatic rings. The van der Waals surface area contributed by atoms with Gasteiger partial charge in [0.25, 0.3) is 11.8 Å². The average Bonchev–Trinajstić information content (AvgIpc) is 2.77. The summed E-state index contributed by atoms with van der Waals surface area (Å²) in [4.78, 5) is 24.8. The van der Waals surface area contributed by atoms with Crippen LogP contribution in [0.2, 0.25) is 0 Å². The summed E-state index contributed by atoms with van der Waals surface area (Å²) >= 11 is 0. The molecule has 0 saturated heterocycles. The van der Waals surface area contributed by atoms with Crippen molar-refractivity contribution in [2.45, 2.75) is 19.8 Å². The number of para-hydroxylation sites is 2. The van der Waals surface area contributed by atoms with Crippen LogP contribution in [0.4, 0.5) is 5.69 Å². The molecule has 0 spiro atoms. The number of nitrogens with zero attached hydrogens (tertiary/aromatic N) is 1. The van der Waals surface area contributed by atoms with E-state index in [1.807, 2.05) is 18.2 Å². The van der Waals surface area contributed by atoms with E-state index in [1.54, 1.807) is 6.07 Å². The first-order valence-corrected chi connectivity index (χ1v) is 7.34. The van der Waals surface area contributed by atoms with Crippen LogP contribution in [0, 0.1) is 0 Å². The second-order valence-corrected chi connectivity index (χ2v) is 4.90. The lowest BCUT2D eigenvalue weighted by Crippen LogP contribution is -2.34. The first kappa shape index (κ1) is 16.0. The quantitative estimate of drug-likeness (QED) is 0.562. The van der Waals surface area contributed by atoms with Gasteiger partial charge in [0.2, 0.25) is 0 Å². The van der Waals surface area contributed by atoms with Gasteiger partial charge in [0.15, 0.2) is 0 Å². The number of hydrogen-bond donors (Lipinski definition) is 2. The van der Waals surface area contributed by atoms with Crippen molar-refractivity contribution in [2.24, 2.45) is 0 Å². The summed E-state index contributed by atoms with van der Waals surface area (Å²) in [7, 11) is 0. The van der Waals surface area contributed by atoms with Crippen molar-refractivity contribution in [1.82, 2.24) is 4.90 Å². The lowest BCUT2D eigenvalue weighted by Gasteiger charge is -2.15. The SMILES string of the molecule is CCCCOc1ccccc1NC1=CC(=O)N(CCO)C1=O. The van der Waals surface area contributed by atoms with Gasteiger partial charge >= 0.3 is 0 Å². The molecule has 2 amide bonds. The van der Waals surface area contributed by atoms with E-state index in [0.717, 1.165) is 17.7 Å². The summed E-state index contributed by atoms with van der Waals surface area (Å²) in [6, 6.07) is 7.27. The van der Waals surface area contributed by atoms with Gasteiger partial charge in [-0.1, -0.05) is 25.5 Å². The maximum absolute atomic E-state index is 12.1. The third-order valence-electron chi connectivity index (χ3n) is 3.24. The van der Waals surface area contributed by atoms with Crippen molar-refractivity contribution in [3.63, 3.8) is 0 Å². The van der Waals surface area contributed by atoms with Gasteiger partial charge < -0.3 is 15.2 Å². The van der Waals surface area contributed by atoms with Crippen LogP contribution in [0.25, 0.3) is 0 Å². The Morgan fingerprint density at radius 1 is 1.27 bits per heavy atom. The van der Waals surface area contributed by atoms with E-state index in [-0.39, 0.29) is 18.8 Å². The Labute approximate surface area is 129 Å². The normalized spacial score (nSPS) is 14.3. The topological polar surface area (TPSA) is 78.9 Å². The molecule has 2 N–H and O–H groups in total. The highest BCUT2D eigenvalue weighted by atomic mass is 16.5. The lowest BCUT2D eigenvalue weighted by atomic mass is 10.2. The fourth-order valence-corrected chi connectivity index (χ4v) is 2.08. The van der Waals surface area contributed by atoms with E-state index in [0.29, 0.717) is 18.0 Å². The number of amides is 2. The number of aliphatic hydroxyl groups excluding tert-OH is 1. The van der Waals surface area contributed by atoms with Crippen molar-refractivity contribution in [1.29, 1.82) is 0 Å². The molecule has 0 bridgehead atoms. The molecular weight excluding hydrogens is 284 g/mol. The summed E-state index contributed by atoms with van der Waals surface area (Å²) in [6.07, 6.45) is 3.21. The molecule has 0 fully saturated rings. The fraction of sp³-hybridized carbons (Fsp3) is 0.375. The van der Waals surface area contributed by atoms with Crippen molar-refractivity contribution < 1.29 is 19.4 Å². The Balaban J connectivity index is 2.09. The van der Waals surface area contributed by atoms with E-state index >= 15 is 0 Å². The van der Waals surface area contributed by atoms with Crippen LogP contribution in [0.1, 0.15) is 19.8 Å². The number of aliphatic hydroxyl groups is 1. The summed E-state index contributed by atoms with van der Waals surface area (Å²) in [5.74, 6) is -0.231. The molecule has 6 heteroatoms. The predicted octanol–water partition coefficient (Wildman–Crippen LogP) is 1.52. The Bertz CT molecular complexity index is 583. The van der Waals surface area contributed by atoms with Crippen LogP contribution < -0.4 is 10.1 Å². The molecule has 0 radical (unpaired) electrons. The summed E-state index contributed by atoms with van der Waals surface area (Å²) < 4.78 is 5.68. The second-order valence-electron chi connectivity index (χ2n) is 4.90. The maximum Gasteiger partial charge on any atom is 0.277 e. The minimum absolute atomic E-state index is 0.00596. The Morgan fingerprint density at radius 3 is 2.77 bits per heavy atom. The highest BCUT2D eigenvalue weighted by Crippen LogP contribution is 2.27. The first-order valence-electron chi connectivity index (χ1n) is 7.34. The van der Waals surface area contributed by atoms with Gasteiger partial charge in [0.1, 0.15) is 11.4 Å². The van der Waals surface area contributed by atoms with Crippen LogP contribution in [-0.2, 0) is 9.59 Å². The number of rotatable bonds is 8. The standard InChI is InChI=1S/C16H20N2O4/c1-2-3-10-22-14-7-5-4-6-12(14)17-13-11-15(20)18(8-9-19)16(13)21/h4-7,11,17,19H,2-3,8-10H2,1H3. The molecular formula is C16H20N2O4. The number of hydrogen-bond acceptors (Lipinski definition) is 5. The van der Waals surface area contributed by atoms with Crippen molar-refractivity contribution >= 4 is 17.5 Å². The van der Waals surface area contributed by atoms with Crippen molar-refractivity contribution in [3.05, 3.63) is 36.0 Å².